The molecule has 4 N–H and O–H groups in total. The molecule has 26 heavy (non-hydrogen) atoms. The zero-order valence-electron chi connectivity index (χ0n) is 13.6. The summed E-state index contributed by atoms with van der Waals surface area (Å²) in [5, 5.41) is 4.81. The number of aromatic nitrogens is 2. The lowest BCUT2D eigenvalue weighted by molar-refractivity contribution is 0.765. The van der Waals surface area contributed by atoms with E-state index in [0.717, 1.165) is 17.1 Å². The molecule has 1 unspecified atom stereocenters. The minimum absolute atomic E-state index is 0.180. The predicted octanol–water partition coefficient (Wildman–Crippen LogP) is 4.93. The van der Waals surface area contributed by atoms with Crippen molar-refractivity contribution in [3.8, 4) is 0 Å². The van der Waals surface area contributed by atoms with E-state index in [9.17, 15) is 0 Å². The normalized spacial score (nSPS) is 12.8. The van der Waals surface area contributed by atoms with Gasteiger partial charge < -0.3 is 16.0 Å². The van der Waals surface area contributed by atoms with E-state index in [4.69, 9.17) is 40.5 Å². The van der Waals surface area contributed by atoms with Crippen LogP contribution in [0.4, 0.5) is 5.69 Å². The summed E-state index contributed by atoms with van der Waals surface area (Å²) in [4.78, 5) is 11.9. The molecule has 0 fully saturated rings. The summed E-state index contributed by atoms with van der Waals surface area (Å²) in [5.74, 6) is 0.853. The minimum Gasteiger partial charge on any atom is -0.370 e. The van der Waals surface area contributed by atoms with E-state index in [0.29, 0.717) is 21.6 Å². The van der Waals surface area contributed by atoms with Crippen LogP contribution in [-0.2, 0) is 0 Å². The third kappa shape index (κ3) is 4.69. The van der Waals surface area contributed by atoms with Gasteiger partial charge in [0, 0.05) is 33.1 Å². The van der Waals surface area contributed by atoms with Gasteiger partial charge in [0.05, 0.1) is 12.5 Å². The Morgan fingerprint density at radius 1 is 1.12 bits per heavy atom. The van der Waals surface area contributed by atoms with E-state index in [2.05, 4.69) is 20.3 Å². The summed E-state index contributed by atoms with van der Waals surface area (Å²) in [6, 6.07) is 12.6. The smallest absolute Gasteiger partial charge is 0.193 e. The number of nitrogens with two attached hydrogens (primary N) is 1. The van der Waals surface area contributed by atoms with Crippen molar-refractivity contribution in [1.29, 1.82) is 0 Å². The molecule has 0 saturated carbocycles. The molecule has 1 atom stereocenters. The van der Waals surface area contributed by atoms with Crippen LogP contribution >= 0.6 is 34.8 Å². The molecule has 3 rings (SSSR count). The second kappa shape index (κ2) is 8.45. The predicted molar refractivity (Wildman–Crippen MR) is 108 cm³/mol. The van der Waals surface area contributed by atoms with Crippen molar-refractivity contribution >= 4 is 46.4 Å². The Morgan fingerprint density at radius 2 is 1.85 bits per heavy atom. The largest absolute Gasteiger partial charge is 0.370 e. The molecular weight excluding hydrogens is 393 g/mol. The molecule has 0 amide bonds. The molecule has 134 valence electrons. The van der Waals surface area contributed by atoms with E-state index in [1.54, 1.807) is 36.7 Å². The van der Waals surface area contributed by atoms with Crippen LogP contribution in [0.3, 0.4) is 0 Å². The van der Waals surface area contributed by atoms with Gasteiger partial charge in [0.15, 0.2) is 5.96 Å². The van der Waals surface area contributed by atoms with Crippen LogP contribution in [-0.4, -0.2) is 22.5 Å². The number of aromatic amines is 1. The van der Waals surface area contributed by atoms with Crippen molar-refractivity contribution in [3.63, 3.8) is 0 Å². The fourth-order valence-electron chi connectivity index (χ4n) is 2.49. The average Bonchev–Trinajstić information content (AvgIpc) is 3.13. The number of hydrogen-bond acceptors (Lipinski definition) is 2. The van der Waals surface area contributed by atoms with Crippen molar-refractivity contribution in [2.24, 2.45) is 10.7 Å². The number of halogens is 3. The summed E-state index contributed by atoms with van der Waals surface area (Å²) in [7, 11) is 0. The lowest BCUT2D eigenvalue weighted by Crippen LogP contribution is -2.24. The van der Waals surface area contributed by atoms with E-state index in [-0.39, 0.29) is 11.9 Å². The Balaban J connectivity index is 1.81. The number of rotatable bonds is 5. The van der Waals surface area contributed by atoms with Gasteiger partial charge in [-0.3, -0.25) is 4.99 Å². The van der Waals surface area contributed by atoms with Crippen molar-refractivity contribution < 1.29 is 0 Å². The molecule has 1 heterocycles. The number of aliphatic imine (C=N–C) groups is 1. The zero-order valence-corrected chi connectivity index (χ0v) is 15.9. The lowest BCUT2D eigenvalue weighted by Gasteiger charge is -2.15. The average molecular weight is 409 g/mol. The van der Waals surface area contributed by atoms with Crippen LogP contribution < -0.4 is 11.1 Å². The molecule has 2 aromatic carbocycles. The first kappa shape index (κ1) is 18.6. The van der Waals surface area contributed by atoms with E-state index in [1.165, 1.54) is 0 Å². The van der Waals surface area contributed by atoms with Gasteiger partial charge in [0.25, 0.3) is 0 Å². The van der Waals surface area contributed by atoms with Gasteiger partial charge in [-0.15, -0.1) is 0 Å². The first-order valence-corrected chi connectivity index (χ1v) is 8.93. The summed E-state index contributed by atoms with van der Waals surface area (Å²) >= 11 is 18.2. The Bertz CT molecular complexity index is 892. The number of hydrogen-bond donors (Lipinski definition) is 3. The third-order valence-corrected chi connectivity index (χ3v) is 4.56. The molecule has 8 heteroatoms. The van der Waals surface area contributed by atoms with E-state index >= 15 is 0 Å². The zero-order chi connectivity index (χ0) is 18.5. The Hall–Kier alpha value is -2.21. The van der Waals surface area contributed by atoms with E-state index in [1.807, 2.05) is 18.2 Å². The van der Waals surface area contributed by atoms with Crippen LogP contribution in [0.15, 0.2) is 59.9 Å². The lowest BCUT2D eigenvalue weighted by atomic mass is 9.98. The summed E-state index contributed by atoms with van der Waals surface area (Å²) < 4.78 is 0. The van der Waals surface area contributed by atoms with Crippen LogP contribution in [0.2, 0.25) is 15.1 Å². The number of nitrogens with one attached hydrogen (secondary N) is 2. The van der Waals surface area contributed by atoms with Crippen LogP contribution in [0.25, 0.3) is 0 Å². The van der Waals surface area contributed by atoms with Gasteiger partial charge in [-0.2, -0.15) is 0 Å². The molecule has 3 aromatic rings. The van der Waals surface area contributed by atoms with Gasteiger partial charge in [-0.25, -0.2) is 4.98 Å². The minimum atomic E-state index is -0.180. The highest BCUT2D eigenvalue weighted by Crippen LogP contribution is 2.31. The number of anilines is 1. The van der Waals surface area contributed by atoms with Gasteiger partial charge in [-0.1, -0.05) is 40.9 Å². The first-order chi connectivity index (χ1) is 12.5. The third-order valence-electron chi connectivity index (χ3n) is 3.75. The second-order valence-corrected chi connectivity index (χ2v) is 6.83. The molecule has 0 saturated heterocycles. The van der Waals surface area contributed by atoms with Gasteiger partial charge in [0.2, 0.25) is 0 Å². The van der Waals surface area contributed by atoms with Crippen molar-refractivity contribution in [2.45, 2.75) is 5.92 Å². The van der Waals surface area contributed by atoms with Gasteiger partial charge >= 0.3 is 0 Å². The highest BCUT2D eigenvalue weighted by Gasteiger charge is 2.19. The summed E-state index contributed by atoms with van der Waals surface area (Å²) in [6.07, 6.45) is 3.44. The number of imidazole rings is 1. The number of guanidine groups is 1. The molecule has 0 bridgehead atoms. The highest BCUT2D eigenvalue weighted by atomic mass is 35.5. The van der Waals surface area contributed by atoms with Crippen molar-refractivity contribution in [2.75, 3.05) is 11.9 Å². The molecule has 0 aliphatic heterocycles. The highest BCUT2D eigenvalue weighted by molar-refractivity contribution is 6.35. The second-order valence-electron chi connectivity index (χ2n) is 5.55. The van der Waals surface area contributed by atoms with Crippen molar-refractivity contribution in [1.82, 2.24) is 9.97 Å². The summed E-state index contributed by atoms with van der Waals surface area (Å²) in [5.41, 5.74) is 7.68. The SMILES string of the molecule is NC(=NCC(c1ncc[nH]1)c1ccc(Cl)cc1Cl)Nc1ccc(Cl)cc1. The van der Waals surface area contributed by atoms with Gasteiger partial charge in [0.1, 0.15) is 5.82 Å². The van der Waals surface area contributed by atoms with Crippen LogP contribution in [0.5, 0.6) is 0 Å². The Morgan fingerprint density at radius 3 is 2.50 bits per heavy atom. The molecular formula is C18H16Cl3N5. The van der Waals surface area contributed by atoms with Crippen molar-refractivity contribution in [3.05, 3.63) is 81.3 Å². The first-order valence-electron chi connectivity index (χ1n) is 7.79. The number of nitrogens with zero attached hydrogens (tertiary/aromatic N) is 2. The maximum absolute atomic E-state index is 6.37. The molecule has 0 spiro atoms. The number of benzene rings is 2. The fraction of sp³-hybridized carbons (Fsp3) is 0.111. The fourth-order valence-corrected chi connectivity index (χ4v) is 3.16. The topological polar surface area (TPSA) is 79.1 Å². The molecule has 0 aliphatic rings. The maximum atomic E-state index is 6.37. The molecule has 0 aliphatic carbocycles. The molecule has 1 aromatic heterocycles. The maximum Gasteiger partial charge on any atom is 0.193 e. The monoisotopic (exact) mass is 407 g/mol. The number of H-pyrrole nitrogens is 1. The van der Waals surface area contributed by atoms with Gasteiger partial charge in [-0.05, 0) is 42.0 Å². The van der Waals surface area contributed by atoms with E-state index < -0.39 is 0 Å². The molecule has 5 nitrogen and oxygen atoms in total. The molecule has 0 radical (unpaired) electrons. The van der Waals surface area contributed by atoms with Crippen LogP contribution in [0.1, 0.15) is 17.3 Å². The quantitative estimate of drug-likeness (QED) is 0.414. The summed E-state index contributed by atoms with van der Waals surface area (Å²) in [6.45, 7) is 0.362. The Kier molecular flexibility index (Phi) is 6.04. The van der Waals surface area contributed by atoms with Crippen LogP contribution in [0, 0.1) is 0 Å². The Labute approximate surface area is 166 Å². The standard InChI is InChI=1S/C18H16Cl3N5/c19-11-1-4-13(5-2-11)26-18(22)25-10-15(17-23-7-8-24-17)14-6-3-12(20)9-16(14)21/h1-9,15H,10H2,(H,23,24)(H3,22,25,26).